The maximum atomic E-state index is 12.0. The van der Waals surface area contributed by atoms with Gasteiger partial charge in [-0.2, -0.15) is 4.98 Å². The predicted octanol–water partition coefficient (Wildman–Crippen LogP) is 1.59. The SMILES string of the molecule is CCOc1ccc(OCC(=O)NCCOc2cc(N3CCOCC3)nc(C)n2)cc1. The molecule has 1 aromatic carbocycles. The number of nitrogens with one attached hydrogen (secondary N) is 1. The van der Waals surface area contributed by atoms with Crippen molar-refractivity contribution in [1.82, 2.24) is 15.3 Å². The van der Waals surface area contributed by atoms with Crippen LogP contribution in [0.3, 0.4) is 0 Å². The van der Waals surface area contributed by atoms with Crippen LogP contribution < -0.4 is 24.4 Å². The lowest BCUT2D eigenvalue weighted by atomic mass is 10.3. The average Bonchev–Trinajstić information content (AvgIpc) is 2.77. The molecule has 162 valence electrons. The molecule has 9 nitrogen and oxygen atoms in total. The maximum absolute atomic E-state index is 12.0. The fourth-order valence-corrected chi connectivity index (χ4v) is 2.90. The highest BCUT2D eigenvalue weighted by atomic mass is 16.5. The molecule has 2 heterocycles. The molecule has 0 radical (unpaired) electrons. The van der Waals surface area contributed by atoms with E-state index in [4.69, 9.17) is 18.9 Å². The van der Waals surface area contributed by atoms with Crippen molar-refractivity contribution in [2.75, 3.05) is 57.6 Å². The fraction of sp³-hybridized carbons (Fsp3) is 0.476. The summed E-state index contributed by atoms with van der Waals surface area (Å²) in [5, 5.41) is 2.76. The van der Waals surface area contributed by atoms with Gasteiger partial charge in [0.05, 0.1) is 26.4 Å². The topological polar surface area (TPSA) is 95.0 Å². The molecule has 30 heavy (non-hydrogen) atoms. The predicted molar refractivity (Wildman–Crippen MR) is 111 cm³/mol. The lowest BCUT2D eigenvalue weighted by Gasteiger charge is -2.28. The van der Waals surface area contributed by atoms with Crippen molar-refractivity contribution >= 4 is 11.7 Å². The zero-order valence-electron chi connectivity index (χ0n) is 17.4. The molecular formula is C21H28N4O5. The number of ether oxygens (including phenoxy) is 4. The molecule has 1 aliphatic rings. The van der Waals surface area contributed by atoms with Gasteiger partial charge in [0.15, 0.2) is 6.61 Å². The molecule has 1 N–H and O–H groups in total. The largest absolute Gasteiger partial charge is 0.494 e. The fourth-order valence-electron chi connectivity index (χ4n) is 2.90. The number of anilines is 1. The Labute approximate surface area is 176 Å². The van der Waals surface area contributed by atoms with E-state index in [0.717, 1.165) is 24.7 Å². The first kappa shape index (κ1) is 21.6. The van der Waals surface area contributed by atoms with Gasteiger partial charge in [-0.05, 0) is 38.1 Å². The summed E-state index contributed by atoms with van der Waals surface area (Å²) >= 11 is 0. The number of hydrogen-bond donors (Lipinski definition) is 1. The highest BCUT2D eigenvalue weighted by Gasteiger charge is 2.14. The Hall–Kier alpha value is -3.07. The van der Waals surface area contributed by atoms with Gasteiger partial charge < -0.3 is 29.2 Å². The van der Waals surface area contributed by atoms with E-state index < -0.39 is 0 Å². The number of carbonyl (C=O) groups is 1. The molecule has 9 heteroatoms. The monoisotopic (exact) mass is 416 g/mol. The minimum atomic E-state index is -0.222. The molecule has 0 unspecified atom stereocenters. The Kier molecular flexibility index (Phi) is 8.08. The first-order chi connectivity index (χ1) is 14.6. The van der Waals surface area contributed by atoms with E-state index in [9.17, 15) is 4.79 Å². The third kappa shape index (κ3) is 6.77. The van der Waals surface area contributed by atoms with E-state index in [2.05, 4.69) is 20.2 Å². The summed E-state index contributed by atoms with van der Waals surface area (Å²) in [6, 6.07) is 8.96. The van der Waals surface area contributed by atoms with E-state index >= 15 is 0 Å². The van der Waals surface area contributed by atoms with E-state index in [1.54, 1.807) is 24.3 Å². The number of morpholine rings is 1. The van der Waals surface area contributed by atoms with Crippen molar-refractivity contribution in [3.8, 4) is 17.4 Å². The highest BCUT2D eigenvalue weighted by Crippen LogP contribution is 2.19. The molecule has 1 aromatic heterocycles. The molecule has 1 fully saturated rings. The van der Waals surface area contributed by atoms with Gasteiger partial charge in [-0.3, -0.25) is 4.79 Å². The molecule has 0 saturated carbocycles. The van der Waals surface area contributed by atoms with E-state index in [-0.39, 0.29) is 12.5 Å². The Morgan fingerprint density at radius 3 is 2.50 bits per heavy atom. The number of amides is 1. The zero-order valence-corrected chi connectivity index (χ0v) is 17.4. The number of aromatic nitrogens is 2. The first-order valence-electron chi connectivity index (χ1n) is 10.1. The van der Waals surface area contributed by atoms with Gasteiger partial charge in [-0.25, -0.2) is 4.98 Å². The van der Waals surface area contributed by atoms with Crippen molar-refractivity contribution in [2.24, 2.45) is 0 Å². The van der Waals surface area contributed by atoms with Crippen LogP contribution in [0.15, 0.2) is 30.3 Å². The van der Waals surface area contributed by atoms with Crippen LogP contribution in [0.1, 0.15) is 12.7 Å². The molecule has 0 aliphatic carbocycles. The van der Waals surface area contributed by atoms with Crippen molar-refractivity contribution in [3.63, 3.8) is 0 Å². The van der Waals surface area contributed by atoms with Gasteiger partial charge in [-0.15, -0.1) is 0 Å². The molecule has 1 saturated heterocycles. The summed E-state index contributed by atoms with van der Waals surface area (Å²) in [6.45, 7) is 7.89. The molecule has 1 amide bonds. The maximum Gasteiger partial charge on any atom is 0.258 e. The van der Waals surface area contributed by atoms with Crippen LogP contribution in [0.2, 0.25) is 0 Å². The molecule has 3 rings (SSSR count). The Bertz CT molecular complexity index is 810. The molecule has 0 spiro atoms. The third-order valence-corrected chi connectivity index (χ3v) is 4.31. The van der Waals surface area contributed by atoms with Crippen LogP contribution in [0, 0.1) is 6.92 Å². The second-order valence-electron chi connectivity index (χ2n) is 6.60. The second-order valence-corrected chi connectivity index (χ2v) is 6.60. The number of rotatable bonds is 10. The van der Waals surface area contributed by atoms with Crippen molar-refractivity contribution in [3.05, 3.63) is 36.2 Å². The molecular weight excluding hydrogens is 388 g/mol. The minimum absolute atomic E-state index is 0.0677. The number of benzene rings is 1. The number of hydrogen-bond acceptors (Lipinski definition) is 8. The summed E-state index contributed by atoms with van der Waals surface area (Å²) in [6.07, 6.45) is 0. The van der Waals surface area contributed by atoms with Gasteiger partial charge in [0, 0.05) is 19.2 Å². The van der Waals surface area contributed by atoms with Gasteiger partial charge in [0.2, 0.25) is 5.88 Å². The lowest BCUT2D eigenvalue weighted by molar-refractivity contribution is -0.123. The van der Waals surface area contributed by atoms with E-state index in [1.165, 1.54) is 0 Å². The van der Waals surface area contributed by atoms with Crippen LogP contribution in [0.25, 0.3) is 0 Å². The minimum Gasteiger partial charge on any atom is -0.494 e. The van der Waals surface area contributed by atoms with Crippen molar-refractivity contribution < 1.29 is 23.7 Å². The van der Waals surface area contributed by atoms with Crippen LogP contribution >= 0.6 is 0 Å². The van der Waals surface area contributed by atoms with Gasteiger partial charge in [0.1, 0.15) is 29.7 Å². The first-order valence-corrected chi connectivity index (χ1v) is 10.1. The quantitative estimate of drug-likeness (QED) is 0.584. The normalized spacial score (nSPS) is 13.6. The Morgan fingerprint density at radius 1 is 1.10 bits per heavy atom. The number of nitrogens with zero attached hydrogens (tertiary/aromatic N) is 3. The summed E-state index contributed by atoms with van der Waals surface area (Å²) in [5.41, 5.74) is 0. The lowest BCUT2D eigenvalue weighted by Crippen LogP contribution is -2.37. The average molecular weight is 416 g/mol. The third-order valence-electron chi connectivity index (χ3n) is 4.31. The van der Waals surface area contributed by atoms with Crippen LogP contribution in [0.5, 0.6) is 17.4 Å². The van der Waals surface area contributed by atoms with Gasteiger partial charge in [0.25, 0.3) is 5.91 Å². The standard InChI is InChI=1S/C21H28N4O5/c1-3-28-17-4-6-18(7-5-17)30-15-20(26)22-8-11-29-21-14-19(23-16(2)24-21)25-9-12-27-13-10-25/h4-7,14H,3,8-13,15H2,1-2H3,(H,22,26). The van der Waals surface area contributed by atoms with Crippen molar-refractivity contribution in [1.29, 1.82) is 0 Å². The second kappa shape index (κ2) is 11.2. The number of carbonyl (C=O) groups excluding carboxylic acids is 1. The summed E-state index contributed by atoms with van der Waals surface area (Å²) in [7, 11) is 0. The van der Waals surface area contributed by atoms with Gasteiger partial charge in [-0.1, -0.05) is 0 Å². The molecule has 0 bridgehead atoms. The van der Waals surface area contributed by atoms with Crippen LogP contribution in [-0.2, 0) is 9.53 Å². The van der Waals surface area contributed by atoms with Gasteiger partial charge >= 0.3 is 0 Å². The van der Waals surface area contributed by atoms with Crippen LogP contribution in [0.4, 0.5) is 5.82 Å². The smallest absolute Gasteiger partial charge is 0.258 e. The van der Waals surface area contributed by atoms with Crippen LogP contribution in [-0.4, -0.2) is 68.5 Å². The van der Waals surface area contributed by atoms with Crippen molar-refractivity contribution in [2.45, 2.75) is 13.8 Å². The number of aryl methyl sites for hydroxylation is 1. The Balaban J connectivity index is 1.38. The highest BCUT2D eigenvalue weighted by molar-refractivity contribution is 5.77. The summed E-state index contributed by atoms with van der Waals surface area (Å²) < 4.78 is 21.9. The molecule has 0 atom stereocenters. The van der Waals surface area contributed by atoms with E-state index in [0.29, 0.717) is 50.4 Å². The summed E-state index contributed by atoms with van der Waals surface area (Å²) in [4.78, 5) is 22.9. The molecule has 2 aromatic rings. The molecule has 1 aliphatic heterocycles. The zero-order chi connectivity index (χ0) is 21.2. The van der Waals surface area contributed by atoms with E-state index in [1.807, 2.05) is 19.9 Å². The Morgan fingerprint density at radius 2 is 1.80 bits per heavy atom. The summed E-state index contributed by atoms with van der Waals surface area (Å²) in [5.74, 6) is 3.11.